The van der Waals surface area contributed by atoms with Gasteiger partial charge in [-0.05, 0) is 19.8 Å². The van der Waals surface area contributed by atoms with Crippen LogP contribution in [0.1, 0.15) is 58.4 Å². The van der Waals surface area contributed by atoms with Gasteiger partial charge in [-0.15, -0.1) is 0 Å². The van der Waals surface area contributed by atoms with Crippen molar-refractivity contribution in [1.29, 1.82) is 0 Å². The van der Waals surface area contributed by atoms with Crippen molar-refractivity contribution < 1.29 is 14.0 Å². The second kappa shape index (κ2) is 6.40. The Balaban J connectivity index is 1.80. The van der Waals surface area contributed by atoms with Crippen molar-refractivity contribution in [3.05, 3.63) is 41.4 Å². The van der Waals surface area contributed by atoms with Crippen molar-refractivity contribution in [3.8, 4) is 0 Å². The van der Waals surface area contributed by atoms with Gasteiger partial charge < -0.3 is 14.3 Å². The number of ketones is 1. The number of Topliss-reactive ketones (excluding diaryl/α,β-unsaturated/α-hetero) is 1. The molecule has 0 saturated carbocycles. The first kappa shape index (κ1) is 15.5. The molecule has 0 saturated heterocycles. The maximum atomic E-state index is 12.7. The number of imidazole rings is 1. The first-order chi connectivity index (χ1) is 11.1. The van der Waals surface area contributed by atoms with E-state index < -0.39 is 0 Å². The molecular weight excluding hydrogens is 294 g/mol. The predicted molar refractivity (Wildman–Crippen MR) is 84.5 cm³/mol. The van der Waals surface area contributed by atoms with Gasteiger partial charge >= 0.3 is 0 Å². The molecule has 0 aromatic carbocycles. The summed E-state index contributed by atoms with van der Waals surface area (Å²) in [4.78, 5) is 28.9. The van der Waals surface area contributed by atoms with Crippen LogP contribution < -0.4 is 5.32 Å². The van der Waals surface area contributed by atoms with Crippen molar-refractivity contribution in [2.75, 3.05) is 0 Å². The van der Waals surface area contributed by atoms with E-state index in [0.29, 0.717) is 35.6 Å². The van der Waals surface area contributed by atoms with Crippen molar-refractivity contribution >= 4 is 11.7 Å². The third-order valence-corrected chi connectivity index (χ3v) is 4.29. The largest absolute Gasteiger partial charge is 0.465 e. The van der Waals surface area contributed by atoms with Crippen LogP contribution in [-0.2, 0) is 13.0 Å². The zero-order valence-corrected chi connectivity index (χ0v) is 13.5. The summed E-state index contributed by atoms with van der Waals surface area (Å²) < 4.78 is 7.58. The molecule has 3 rings (SSSR count). The maximum absolute atomic E-state index is 12.7. The van der Waals surface area contributed by atoms with Gasteiger partial charge in [0, 0.05) is 37.8 Å². The zero-order chi connectivity index (χ0) is 16.4. The molecule has 122 valence electrons. The highest BCUT2D eigenvalue weighted by Gasteiger charge is 2.31. The highest BCUT2D eigenvalue weighted by molar-refractivity contribution is 6.10. The first-order valence-electron chi connectivity index (χ1n) is 8.02. The SMILES string of the molecule is CC[C@H](Cn1ccnc1)NC(=O)c1c(C)oc2c1C(=O)CCC2. The van der Waals surface area contributed by atoms with Crippen LogP contribution in [0.2, 0.25) is 0 Å². The molecule has 2 aromatic heterocycles. The lowest BCUT2D eigenvalue weighted by Crippen LogP contribution is -2.38. The highest BCUT2D eigenvalue weighted by Crippen LogP contribution is 2.29. The second-order valence-corrected chi connectivity index (χ2v) is 5.95. The summed E-state index contributed by atoms with van der Waals surface area (Å²) in [5.74, 6) is 0.970. The van der Waals surface area contributed by atoms with Gasteiger partial charge in [-0.25, -0.2) is 4.98 Å². The van der Waals surface area contributed by atoms with E-state index in [0.717, 1.165) is 19.3 Å². The number of furan rings is 1. The second-order valence-electron chi connectivity index (χ2n) is 5.95. The number of carbonyl (C=O) groups excluding carboxylic acids is 2. The summed E-state index contributed by atoms with van der Waals surface area (Å²) in [5, 5.41) is 3.02. The minimum atomic E-state index is -0.227. The molecule has 1 N–H and O–H groups in total. The number of aryl methyl sites for hydroxylation is 2. The topological polar surface area (TPSA) is 77.1 Å². The third-order valence-electron chi connectivity index (χ3n) is 4.29. The van der Waals surface area contributed by atoms with Crippen LogP contribution in [0.3, 0.4) is 0 Å². The molecule has 1 aliphatic carbocycles. The minimum absolute atomic E-state index is 0.0101. The van der Waals surface area contributed by atoms with Gasteiger partial charge in [-0.1, -0.05) is 6.92 Å². The number of nitrogens with one attached hydrogen (secondary N) is 1. The van der Waals surface area contributed by atoms with E-state index in [1.54, 1.807) is 19.4 Å². The van der Waals surface area contributed by atoms with Gasteiger partial charge in [0.25, 0.3) is 5.91 Å². The zero-order valence-electron chi connectivity index (χ0n) is 13.5. The van der Waals surface area contributed by atoms with Gasteiger partial charge in [-0.2, -0.15) is 0 Å². The average molecular weight is 315 g/mol. The van der Waals surface area contributed by atoms with E-state index in [2.05, 4.69) is 10.3 Å². The lowest BCUT2D eigenvalue weighted by atomic mass is 9.93. The van der Waals surface area contributed by atoms with Crippen LogP contribution in [-0.4, -0.2) is 27.3 Å². The Morgan fingerprint density at radius 1 is 1.48 bits per heavy atom. The standard InChI is InChI=1S/C17H21N3O3/c1-3-12(9-20-8-7-18-10-20)19-17(22)15-11(2)23-14-6-4-5-13(21)16(14)15/h7-8,10,12H,3-6,9H2,1-2H3,(H,19,22)/t12-/m1/s1. The lowest BCUT2D eigenvalue weighted by molar-refractivity contribution is 0.0912. The van der Waals surface area contributed by atoms with Gasteiger partial charge in [0.2, 0.25) is 0 Å². The third kappa shape index (κ3) is 3.06. The molecule has 2 aromatic rings. The molecule has 1 atom stereocenters. The van der Waals surface area contributed by atoms with E-state index in [1.807, 2.05) is 17.7 Å². The number of nitrogens with zero attached hydrogens (tertiary/aromatic N) is 2. The summed E-state index contributed by atoms with van der Waals surface area (Å²) in [5.41, 5.74) is 0.900. The van der Waals surface area contributed by atoms with Crippen LogP contribution in [0.15, 0.2) is 23.1 Å². The Bertz CT molecular complexity index is 716. The molecule has 0 aliphatic heterocycles. The fourth-order valence-corrected chi connectivity index (χ4v) is 3.06. The smallest absolute Gasteiger partial charge is 0.255 e. The Kier molecular flexibility index (Phi) is 4.32. The first-order valence-corrected chi connectivity index (χ1v) is 8.02. The number of hydrogen-bond donors (Lipinski definition) is 1. The molecular formula is C17H21N3O3. The number of fused-ring (bicyclic) bond motifs is 1. The van der Waals surface area contributed by atoms with Crippen molar-refractivity contribution in [3.63, 3.8) is 0 Å². The fraction of sp³-hybridized carbons (Fsp3) is 0.471. The number of amides is 1. The van der Waals surface area contributed by atoms with Crippen LogP contribution in [0, 0.1) is 6.92 Å². The Labute approximate surface area is 134 Å². The fourth-order valence-electron chi connectivity index (χ4n) is 3.06. The van der Waals surface area contributed by atoms with Gasteiger partial charge in [0.1, 0.15) is 11.5 Å². The average Bonchev–Trinajstić information content (AvgIpc) is 3.13. The number of aromatic nitrogens is 2. The van der Waals surface area contributed by atoms with Crippen LogP contribution in [0.25, 0.3) is 0 Å². The van der Waals surface area contributed by atoms with Gasteiger partial charge in [0.15, 0.2) is 5.78 Å². The Morgan fingerprint density at radius 3 is 3.00 bits per heavy atom. The molecule has 6 nitrogen and oxygen atoms in total. The number of carbonyl (C=O) groups is 2. The van der Waals surface area contributed by atoms with Crippen LogP contribution in [0.5, 0.6) is 0 Å². The molecule has 0 spiro atoms. The maximum Gasteiger partial charge on any atom is 0.255 e. The van der Waals surface area contributed by atoms with E-state index in [4.69, 9.17) is 4.42 Å². The van der Waals surface area contributed by atoms with E-state index in [1.165, 1.54) is 0 Å². The summed E-state index contributed by atoms with van der Waals surface area (Å²) >= 11 is 0. The summed E-state index contributed by atoms with van der Waals surface area (Å²) in [6.45, 7) is 4.41. The summed E-state index contributed by atoms with van der Waals surface area (Å²) in [7, 11) is 0. The van der Waals surface area contributed by atoms with E-state index in [9.17, 15) is 9.59 Å². The monoisotopic (exact) mass is 315 g/mol. The van der Waals surface area contributed by atoms with Gasteiger partial charge in [0.05, 0.1) is 17.5 Å². The normalized spacial score (nSPS) is 15.3. The van der Waals surface area contributed by atoms with Crippen molar-refractivity contribution in [2.24, 2.45) is 0 Å². The van der Waals surface area contributed by atoms with Crippen molar-refractivity contribution in [1.82, 2.24) is 14.9 Å². The molecule has 1 aliphatic rings. The number of hydrogen-bond acceptors (Lipinski definition) is 4. The predicted octanol–water partition coefficient (Wildman–Crippen LogP) is 2.51. The summed E-state index contributed by atoms with van der Waals surface area (Å²) in [6.07, 6.45) is 8.09. The van der Waals surface area contributed by atoms with E-state index >= 15 is 0 Å². The van der Waals surface area contributed by atoms with Crippen molar-refractivity contribution in [2.45, 2.75) is 52.1 Å². The quantitative estimate of drug-likeness (QED) is 0.919. The van der Waals surface area contributed by atoms with Crippen LogP contribution >= 0.6 is 0 Å². The minimum Gasteiger partial charge on any atom is -0.465 e. The molecule has 23 heavy (non-hydrogen) atoms. The van der Waals surface area contributed by atoms with Gasteiger partial charge in [-0.3, -0.25) is 9.59 Å². The summed E-state index contributed by atoms with van der Waals surface area (Å²) in [6, 6.07) is -0.0275. The molecule has 6 heteroatoms. The molecule has 2 heterocycles. The van der Waals surface area contributed by atoms with E-state index in [-0.39, 0.29) is 17.7 Å². The Hall–Kier alpha value is -2.37. The molecule has 0 fully saturated rings. The lowest BCUT2D eigenvalue weighted by Gasteiger charge is -2.18. The molecule has 0 bridgehead atoms. The molecule has 0 unspecified atom stereocenters. The van der Waals surface area contributed by atoms with Crippen LogP contribution in [0.4, 0.5) is 0 Å². The molecule has 0 radical (unpaired) electrons. The Morgan fingerprint density at radius 2 is 2.30 bits per heavy atom. The molecule has 1 amide bonds. The highest BCUT2D eigenvalue weighted by atomic mass is 16.3. The number of rotatable bonds is 5.